The summed E-state index contributed by atoms with van der Waals surface area (Å²) in [7, 11) is 1.75. The van der Waals surface area contributed by atoms with Crippen molar-refractivity contribution in [3.05, 3.63) is 29.8 Å². The summed E-state index contributed by atoms with van der Waals surface area (Å²) in [5.41, 5.74) is 2.82. The molecule has 1 heterocycles. The Morgan fingerprint density at radius 1 is 1.39 bits per heavy atom. The zero-order chi connectivity index (χ0) is 13.0. The predicted molar refractivity (Wildman–Crippen MR) is 76.1 cm³/mol. The van der Waals surface area contributed by atoms with Crippen LogP contribution in [-0.4, -0.2) is 32.3 Å². The number of benzene rings is 1. The van der Waals surface area contributed by atoms with Gasteiger partial charge in [-0.3, -0.25) is 0 Å². The maximum Gasteiger partial charge on any atom is 0.0733 e. The first-order valence-electron chi connectivity index (χ1n) is 6.75. The van der Waals surface area contributed by atoms with Crippen molar-refractivity contribution in [3.8, 4) is 0 Å². The average Bonchev–Trinajstić information content (AvgIpc) is 2.40. The Bertz CT molecular complexity index is 394. The quantitative estimate of drug-likeness (QED) is 0.885. The van der Waals surface area contributed by atoms with Crippen LogP contribution in [0.25, 0.3) is 0 Å². The second-order valence-corrected chi connectivity index (χ2v) is 5.32. The molecule has 1 aliphatic heterocycles. The second-order valence-electron chi connectivity index (χ2n) is 5.32. The Balaban J connectivity index is 2.20. The molecule has 1 unspecified atom stereocenters. The van der Waals surface area contributed by atoms with E-state index in [1.54, 1.807) is 7.11 Å². The molecule has 1 aromatic rings. The molecule has 2 rings (SSSR count). The van der Waals surface area contributed by atoms with E-state index in [0.29, 0.717) is 6.61 Å². The van der Waals surface area contributed by atoms with Gasteiger partial charge in [-0.15, -0.1) is 0 Å². The van der Waals surface area contributed by atoms with Gasteiger partial charge in [0, 0.05) is 43.5 Å². The predicted octanol–water partition coefficient (Wildman–Crippen LogP) is 2.41. The molecule has 0 aromatic heterocycles. The molecule has 18 heavy (non-hydrogen) atoms. The number of hydrogen-bond acceptors (Lipinski definition) is 3. The number of para-hydroxylation sites is 1. The van der Waals surface area contributed by atoms with Crippen LogP contribution >= 0.6 is 0 Å². The monoisotopic (exact) mass is 248 g/mol. The molecule has 1 saturated heterocycles. The van der Waals surface area contributed by atoms with Crippen LogP contribution in [-0.2, 0) is 11.3 Å². The van der Waals surface area contributed by atoms with Gasteiger partial charge in [-0.1, -0.05) is 25.1 Å². The van der Waals surface area contributed by atoms with Crippen molar-refractivity contribution in [2.24, 2.45) is 0 Å². The molecule has 1 aliphatic rings. The van der Waals surface area contributed by atoms with Crippen LogP contribution in [0.1, 0.15) is 25.8 Å². The minimum absolute atomic E-state index is 0.221. The molecule has 1 N–H and O–H groups in total. The van der Waals surface area contributed by atoms with Crippen LogP contribution in [0.2, 0.25) is 0 Å². The number of anilines is 1. The second kappa shape index (κ2) is 5.72. The normalized spacial score (nSPS) is 24.3. The van der Waals surface area contributed by atoms with Gasteiger partial charge in [-0.05, 0) is 19.4 Å². The minimum atomic E-state index is 0.221. The largest absolute Gasteiger partial charge is 0.380 e. The Morgan fingerprint density at radius 2 is 2.17 bits per heavy atom. The van der Waals surface area contributed by atoms with E-state index in [-0.39, 0.29) is 5.54 Å². The summed E-state index contributed by atoms with van der Waals surface area (Å²) in [6.45, 7) is 8.41. The summed E-state index contributed by atoms with van der Waals surface area (Å²) in [4.78, 5) is 2.48. The van der Waals surface area contributed by atoms with E-state index in [0.717, 1.165) is 26.1 Å². The SMILES string of the molecule is CCC1(C)CN(c2ccccc2COC)CCN1. The van der Waals surface area contributed by atoms with Crippen molar-refractivity contribution in [2.45, 2.75) is 32.4 Å². The zero-order valence-electron chi connectivity index (χ0n) is 11.7. The molecule has 0 bridgehead atoms. The Morgan fingerprint density at radius 3 is 2.89 bits per heavy atom. The standard InChI is InChI=1S/C15H24N2O/c1-4-15(2)12-17(10-9-16-15)14-8-6-5-7-13(14)11-18-3/h5-8,16H,4,9-12H2,1-3H3. The number of methoxy groups -OCH3 is 1. The molecule has 3 nitrogen and oxygen atoms in total. The Labute approximate surface area is 110 Å². The molecule has 0 amide bonds. The highest BCUT2D eigenvalue weighted by Gasteiger charge is 2.29. The molecule has 1 aromatic carbocycles. The van der Waals surface area contributed by atoms with E-state index in [4.69, 9.17) is 4.74 Å². The van der Waals surface area contributed by atoms with Gasteiger partial charge in [0.2, 0.25) is 0 Å². The zero-order valence-corrected chi connectivity index (χ0v) is 11.7. The van der Waals surface area contributed by atoms with Gasteiger partial charge in [0.15, 0.2) is 0 Å². The fraction of sp³-hybridized carbons (Fsp3) is 0.600. The van der Waals surface area contributed by atoms with Gasteiger partial charge in [-0.2, -0.15) is 0 Å². The molecular formula is C15H24N2O. The first kappa shape index (κ1) is 13.4. The molecule has 0 aliphatic carbocycles. The fourth-order valence-corrected chi connectivity index (χ4v) is 2.59. The van der Waals surface area contributed by atoms with Crippen LogP contribution in [0.15, 0.2) is 24.3 Å². The number of nitrogens with zero attached hydrogens (tertiary/aromatic N) is 1. The number of hydrogen-bond donors (Lipinski definition) is 1. The summed E-state index contributed by atoms with van der Waals surface area (Å²) >= 11 is 0. The van der Waals surface area contributed by atoms with E-state index < -0.39 is 0 Å². The van der Waals surface area contributed by atoms with E-state index in [1.165, 1.54) is 11.3 Å². The van der Waals surface area contributed by atoms with Crippen LogP contribution in [0.5, 0.6) is 0 Å². The maximum atomic E-state index is 5.30. The summed E-state index contributed by atoms with van der Waals surface area (Å²) in [5, 5.41) is 3.62. The Hall–Kier alpha value is -1.06. The molecular weight excluding hydrogens is 224 g/mol. The maximum absolute atomic E-state index is 5.30. The van der Waals surface area contributed by atoms with Crippen LogP contribution < -0.4 is 10.2 Å². The van der Waals surface area contributed by atoms with Crippen molar-refractivity contribution in [1.29, 1.82) is 0 Å². The molecule has 0 radical (unpaired) electrons. The fourth-order valence-electron chi connectivity index (χ4n) is 2.59. The summed E-state index contributed by atoms with van der Waals surface area (Å²) < 4.78 is 5.30. The Kier molecular flexibility index (Phi) is 4.25. The molecule has 100 valence electrons. The third-order valence-corrected chi connectivity index (χ3v) is 3.89. The number of ether oxygens (including phenoxy) is 1. The van der Waals surface area contributed by atoms with Crippen molar-refractivity contribution in [2.75, 3.05) is 31.6 Å². The van der Waals surface area contributed by atoms with E-state index in [9.17, 15) is 0 Å². The lowest BCUT2D eigenvalue weighted by molar-refractivity contribution is 0.185. The lowest BCUT2D eigenvalue weighted by atomic mass is 9.95. The first-order valence-corrected chi connectivity index (χ1v) is 6.75. The molecule has 1 fully saturated rings. The highest BCUT2D eigenvalue weighted by Crippen LogP contribution is 2.25. The average molecular weight is 248 g/mol. The van der Waals surface area contributed by atoms with Crippen LogP contribution in [0.4, 0.5) is 5.69 Å². The van der Waals surface area contributed by atoms with Crippen molar-refractivity contribution in [1.82, 2.24) is 5.32 Å². The van der Waals surface area contributed by atoms with Gasteiger partial charge in [-0.25, -0.2) is 0 Å². The van der Waals surface area contributed by atoms with Gasteiger partial charge < -0.3 is 15.0 Å². The minimum Gasteiger partial charge on any atom is -0.380 e. The third kappa shape index (κ3) is 2.85. The highest BCUT2D eigenvalue weighted by molar-refractivity contribution is 5.54. The number of rotatable bonds is 4. The van der Waals surface area contributed by atoms with Crippen LogP contribution in [0, 0.1) is 0 Å². The molecule has 0 spiro atoms. The van der Waals surface area contributed by atoms with Crippen molar-refractivity contribution < 1.29 is 4.74 Å². The van der Waals surface area contributed by atoms with E-state index >= 15 is 0 Å². The lowest BCUT2D eigenvalue weighted by Gasteiger charge is -2.42. The van der Waals surface area contributed by atoms with Crippen LogP contribution in [0.3, 0.4) is 0 Å². The smallest absolute Gasteiger partial charge is 0.0733 e. The molecule has 0 saturated carbocycles. The molecule has 1 atom stereocenters. The highest BCUT2D eigenvalue weighted by atomic mass is 16.5. The van der Waals surface area contributed by atoms with Gasteiger partial charge in [0.1, 0.15) is 0 Å². The van der Waals surface area contributed by atoms with Gasteiger partial charge >= 0.3 is 0 Å². The lowest BCUT2D eigenvalue weighted by Crippen LogP contribution is -2.58. The molecule has 3 heteroatoms. The number of piperazine rings is 1. The summed E-state index contributed by atoms with van der Waals surface area (Å²) in [6, 6.07) is 8.55. The van der Waals surface area contributed by atoms with Crippen molar-refractivity contribution in [3.63, 3.8) is 0 Å². The number of nitrogens with one attached hydrogen (secondary N) is 1. The van der Waals surface area contributed by atoms with Crippen molar-refractivity contribution >= 4 is 5.69 Å². The first-order chi connectivity index (χ1) is 8.68. The summed E-state index contributed by atoms with van der Waals surface area (Å²) in [6.07, 6.45) is 1.15. The van der Waals surface area contributed by atoms with E-state index in [1.807, 2.05) is 0 Å². The van der Waals surface area contributed by atoms with Gasteiger partial charge in [0.05, 0.1) is 6.61 Å². The van der Waals surface area contributed by atoms with E-state index in [2.05, 4.69) is 48.3 Å². The van der Waals surface area contributed by atoms with Gasteiger partial charge in [0.25, 0.3) is 0 Å². The third-order valence-electron chi connectivity index (χ3n) is 3.89. The summed E-state index contributed by atoms with van der Waals surface area (Å²) in [5.74, 6) is 0. The topological polar surface area (TPSA) is 24.5 Å².